The van der Waals surface area contributed by atoms with Crippen molar-refractivity contribution in [3.8, 4) is 0 Å². The van der Waals surface area contributed by atoms with Crippen molar-refractivity contribution >= 4 is 0 Å². The highest BCUT2D eigenvalue weighted by Crippen LogP contribution is 2.26. The SMILES string of the molecule is CCC(C)c1ccc(C(CN)N2CCCCC2)cc1. The normalized spacial score (nSPS) is 20.2. The van der Waals surface area contributed by atoms with Crippen molar-refractivity contribution in [2.24, 2.45) is 5.73 Å². The van der Waals surface area contributed by atoms with Gasteiger partial charge in [0.25, 0.3) is 0 Å². The second kappa shape index (κ2) is 7.06. The summed E-state index contributed by atoms with van der Waals surface area (Å²) >= 11 is 0. The first kappa shape index (κ1) is 14.5. The molecule has 0 spiro atoms. The van der Waals surface area contributed by atoms with Crippen LogP contribution in [0.5, 0.6) is 0 Å². The first-order valence-corrected chi connectivity index (χ1v) is 7.80. The first-order valence-electron chi connectivity index (χ1n) is 7.80. The number of likely N-dealkylation sites (tertiary alicyclic amines) is 1. The summed E-state index contributed by atoms with van der Waals surface area (Å²) in [6, 6.07) is 9.55. The highest BCUT2D eigenvalue weighted by Gasteiger charge is 2.20. The van der Waals surface area contributed by atoms with Crippen LogP contribution in [0, 0.1) is 0 Å². The number of nitrogens with two attached hydrogens (primary N) is 1. The maximum Gasteiger partial charge on any atom is 0.0470 e. The number of nitrogens with zero attached hydrogens (tertiary/aromatic N) is 1. The minimum absolute atomic E-state index is 0.409. The zero-order valence-electron chi connectivity index (χ0n) is 12.4. The van der Waals surface area contributed by atoms with E-state index in [1.165, 1.54) is 49.9 Å². The lowest BCUT2D eigenvalue weighted by Crippen LogP contribution is -2.37. The monoisotopic (exact) mass is 260 g/mol. The Morgan fingerprint density at radius 1 is 1.05 bits per heavy atom. The number of piperidine rings is 1. The van der Waals surface area contributed by atoms with Crippen LogP contribution in [0.15, 0.2) is 24.3 Å². The predicted molar refractivity (Wildman–Crippen MR) is 82.4 cm³/mol. The fourth-order valence-electron chi connectivity index (χ4n) is 3.01. The molecule has 0 bridgehead atoms. The van der Waals surface area contributed by atoms with Crippen LogP contribution >= 0.6 is 0 Å². The Hall–Kier alpha value is -0.860. The molecule has 2 unspecified atom stereocenters. The zero-order valence-corrected chi connectivity index (χ0v) is 12.4. The van der Waals surface area contributed by atoms with E-state index in [1.54, 1.807) is 0 Å². The standard InChI is InChI=1S/C17H28N2/c1-3-14(2)15-7-9-16(10-8-15)17(13-18)19-11-5-4-6-12-19/h7-10,14,17H,3-6,11-13,18H2,1-2H3. The minimum atomic E-state index is 0.409. The second-order valence-electron chi connectivity index (χ2n) is 5.82. The van der Waals surface area contributed by atoms with Crippen molar-refractivity contribution in [2.45, 2.75) is 51.5 Å². The molecule has 0 aromatic heterocycles. The molecular formula is C17H28N2. The molecule has 0 aliphatic carbocycles. The van der Waals surface area contributed by atoms with E-state index in [0.717, 1.165) is 6.54 Å². The Morgan fingerprint density at radius 3 is 2.16 bits per heavy atom. The molecule has 0 amide bonds. The summed E-state index contributed by atoms with van der Waals surface area (Å²) in [7, 11) is 0. The Labute approximate surface area is 118 Å². The van der Waals surface area contributed by atoms with Crippen LogP contribution in [0.3, 0.4) is 0 Å². The molecule has 1 aliphatic heterocycles. The molecule has 2 rings (SSSR count). The quantitative estimate of drug-likeness (QED) is 0.875. The molecule has 0 saturated carbocycles. The maximum absolute atomic E-state index is 6.02. The maximum atomic E-state index is 6.02. The fraction of sp³-hybridized carbons (Fsp3) is 0.647. The van der Waals surface area contributed by atoms with Gasteiger partial charge < -0.3 is 5.73 Å². The number of benzene rings is 1. The smallest absolute Gasteiger partial charge is 0.0470 e. The van der Waals surface area contributed by atoms with Gasteiger partial charge in [0.1, 0.15) is 0 Å². The van der Waals surface area contributed by atoms with Gasteiger partial charge in [0.15, 0.2) is 0 Å². The summed E-state index contributed by atoms with van der Waals surface area (Å²) in [5.74, 6) is 0.653. The summed E-state index contributed by atoms with van der Waals surface area (Å²) in [4.78, 5) is 2.56. The van der Waals surface area contributed by atoms with Crippen molar-refractivity contribution in [3.63, 3.8) is 0 Å². The van der Waals surface area contributed by atoms with Crippen molar-refractivity contribution in [2.75, 3.05) is 19.6 Å². The van der Waals surface area contributed by atoms with Crippen LogP contribution < -0.4 is 5.73 Å². The third-order valence-corrected chi connectivity index (χ3v) is 4.56. The molecule has 0 radical (unpaired) electrons. The second-order valence-corrected chi connectivity index (χ2v) is 5.82. The molecule has 1 saturated heterocycles. The topological polar surface area (TPSA) is 29.3 Å². The number of hydrogen-bond acceptors (Lipinski definition) is 2. The molecule has 1 heterocycles. The van der Waals surface area contributed by atoms with Gasteiger partial charge in [0.05, 0.1) is 0 Å². The molecule has 1 fully saturated rings. The average Bonchev–Trinajstić information content (AvgIpc) is 2.49. The van der Waals surface area contributed by atoms with Gasteiger partial charge >= 0.3 is 0 Å². The Balaban J connectivity index is 2.09. The van der Waals surface area contributed by atoms with Crippen molar-refractivity contribution in [1.82, 2.24) is 4.90 Å². The van der Waals surface area contributed by atoms with Gasteiger partial charge in [-0.25, -0.2) is 0 Å². The van der Waals surface area contributed by atoms with E-state index in [4.69, 9.17) is 5.73 Å². The molecular weight excluding hydrogens is 232 g/mol. The molecule has 2 N–H and O–H groups in total. The molecule has 2 nitrogen and oxygen atoms in total. The first-order chi connectivity index (χ1) is 9.26. The highest BCUT2D eigenvalue weighted by molar-refractivity contribution is 5.27. The van der Waals surface area contributed by atoms with Crippen LogP contribution in [-0.2, 0) is 0 Å². The third-order valence-electron chi connectivity index (χ3n) is 4.56. The molecule has 1 aliphatic rings. The van der Waals surface area contributed by atoms with Gasteiger partial charge in [-0.3, -0.25) is 4.90 Å². The van der Waals surface area contributed by atoms with E-state index in [1.807, 2.05) is 0 Å². The summed E-state index contributed by atoms with van der Waals surface area (Å²) < 4.78 is 0. The van der Waals surface area contributed by atoms with Crippen LogP contribution in [0.4, 0.5) is 0 Å². The third kappa shape index (κ3) is 3.58. The fourth-order valence-corrected chi connectivity index (χ4v) is 3.01. The van der Waals surface area contributed by atoms with Gasteiger partial charge in [0.2, 0.25) is 0 Å². The van der Waals surface area contributed by atoms with Gasteiger partial charge in [-0.2, -0.15) is 0 Å². The molecule has 106 valence electrons. The van der Waals surface area contributed by atoms with E-state index in [0.29, 0.717) is 12.0 Å². The van der Waals surface area contributed by atoms with Crippen molar-refractivity contribution < 1.29 is 0 Å². The predicted octanol–water partition coefficient (Wildman–Crippen LogP) is 3.69. The lowest BCUT2D eigenvalue weighted by atomic mass is 9.95. The van der Waals surface area contributed by atoms with E-state index >= 15 is 0 Å². The Kier molecular flexibility index (Phi) is 5.41. The van der Waals surface area contributed by atoms with Gasteiger partial charge in [-0.1, -0.05) is 44.5 Å². The lowest BCUT2D eigenvalue weighted by molar-refractivity contribution is 0.167. The van der Waals surface area contributed by atoms with Crippen molar-refractivity contribution in [1.29, 1.82) is 0 Å². The highest BCUT2D eigenvalue weighted by atomic mass is 15.2. The van der Waals surface area contributed by atoms with Crippen molar-refractivity contribution in [3.05, 3.63) is 35.4 Å². The van der Waals surface area contributed by atoms with E-state index in [9.17, 15) is 0 Å². The van der Waals surface area contributed by atoms with Gasteiger partial charge in [-0.05, 0) is 49.4 Å². The summed E-state index contributed by atoms with van der Waals surface area (Å²) in [6.45, 7) is 7.67. The van der Waals surface area contributed by atoms with Crippen LogP contribution in [0.1, 0.15) is 62.6 Å². The Bertz CT molecular complexity index is 365. The van der Waals surface area contributed by atoms with Gasteiger partial charge in [0, 0.05) is 12.6 Å². The molecule has 2 heteroatoms. The lowest BCUT2D eigenvalue weighted by Gasteiger charge is -2.34. The minimum Gasteiger partial charge on any atom is -0.329 e. The summed E-state index contributed by atoms with van der Waals surface area (Å²) in [5, 5.41) is 0. The van der Waals surface area contributed by atoms with Gasteiger partial charge in [-0.15, -0.1) is 0 Å². The van der Waals surface area contributed by atoms with E-state index in [2.05, 4.69) is 43.0 Å². The molecule has 2 atom stereocenters. The summed E-state index contributed by atoms with van der Waals surface area (Å²) in [6.07, 6.45) is 5.22. The van der Waals surface area contributed by atoms with Crippen LogP contribution in [0.2, 0.25) is 0 Å². The zero-order chi connectivity index (χ0) is 13.7. The summed E-state index contributed by atoms with van der Waals surface area (Å²) in [5.41, 5.74) is 8.85. The molecule has 1 aromatic rings. The van der Waals surface area contributed by atoms with Crippen LogP contribution in [-0.4, -0.2) is 24.5 Å². The molecule has 19 heavy (non-hydrogen) atoms. The number of hydrogen-bond donors (Lipinski definition) is 1. The Morgan fingerprint density at radius 2 is 1.63 bits per heavy atom. The van der Waals surface area contributed by atoms with E-state index in [-0.39, 0.29) is 0 Å². The molecule has 1 aromatic carbocycles. The number of rotatable bonds is 5. The largest absolute Gasteiger partial charge is 0.329 e. The van der Waals surface area contributed by atoms with Crippen LogP contribution in [0.25, 0.3) is 0 Å². The average molecular weight is 260 g/mol. The van der Waals surface area contributed by atoms with E-state index < -0.39 is 0 Å².